The molecule has 0 amide bonds. The number of oxazole rings is 1. The highest BCUT2D eigenvalue weighted by molar-refractivity contribution is 5.79. The van der Waals surface area contributed by atoms with Gasteiger partial charge in [-0.25, -0.2) is 15.0 Å². The van der Waals surface area contributed by atoms with Crippen LogP contribution in [0.1, 0.15) is 50.7 Å². The van der Waals surface area contributed by atoms with E-state index in [0.29, 0.717) is 24.9 Å². The molecular formula is C22H30N6O. The zero-order valence-electron chi connectivity index (χ0n) is 17.6. The fourth-order valence-electron chi connectivity index (χ4n) is 2.81. The van der Waals surface area contributed by atoms with E-state index in [1.807, 2.05) is 37.5 Å². The number of hydrogen-bond acceptors (Lipinski definition) is 4. The third-order valence-electron chi connectivity index (χ3n) is 4.42. The molecule has 0 fully saturated rings. The van der Waals surface area contributed by atoms with E-state index in [-0.39, 0.29) is 5.41 Å². The molecule has 2 heterocycles. The number of nitrogens with zero attached hydrogens (tertiary/aromatic N) is 4. The van der Waals surface area contributed by atoms with Crippen molar-refractivity contribution in [2.75, 3.05) is 6.54 Å². The Kier molecular flexibility index (Phi) is 6.69. The van der Waals surface area contributed by atoms with E-state index in [0.717, 1.165) is 24.7 Å². The Morgan fingerprint density at radius 2 is 1.93 bits per heavy atom. The van der Waals surface area contributed by atoms with Crippen LogP contribution in [0.4, 0.5) is 0 Å². The van der Waals surface area contributed by atoms with Gasteiger partial charge < -0.3 is 19.6 Å². The lowest BCUT2D eigenvalue weighted by Crippen LogP contribution is -2.37. The lowest BCUT2D eigenvalue weighted by Gasteiger charge is -2.13. The van der Waals surface area contributed by atoms with Crippen LogP contribution < -0.4 is 10.6 Å². The number of hydrogen-bond donors (Lipinski definition) is 2. The first-order valence-electron chi connectivity index (χ1n) is 9.97. The summed E-state index contributed by atoms with van der Waals surface area (Å²) in [5.41, 5.74) is 1.18. The highest BCUT2D eigenvalue weighted by Crippen LogP contribution is 2.22. The van der Waals surface area contributed by atoms with Gasteiger partial charge in [-0.1, -0.05) is 51.1 Å². The minimum atomic E-state index is -0.0559. The molecular weight excluding hydrogens is 364 g/mol. The third kappa shape index (κ3) is 5.94. The van der Waals surface area contributed by atoms with Crippen LogP contribution in [0.5, 0.6) is 0 Å². The quantitative estimate of drug-likeness (QED) is 0.474. The minimum absolute atomic E-state index is 0.0559. The number of imidazole rings is 1. The highest BCUT2D eigenvalue weighted by Gasteiger charge is 2.19. The number of aromatic nitrogens is 3. The van der Waals surface area contributed by atoms with E-state index >= 15 is 0 Å². The Labute approximate surface area is 172 Å². The Morgan fingerprint density at radius 1 is 1.14 bits per heavy atom. The van der Waals surface area contributed by atoms with Gasteiger partial charge in [0.05, 0.1) is 12.7 Å². The summed E-state index contributed by atoms with van der Waals surface area (Å²) < 4.78 is 7.96. The highest BCUT2D eigenvalue weighted by atomic mass is 16.4. The molecule has 154 valence electrons. The predicted octanol–water partition coefficient (Wildman–Crippen LogP) is 3.47. The largest absolute Gasteiger partial charge is 0.443 e. The summed E-state index contributed by atoms with van der Waals surface area (Å²) in [5, 5.41) is 6.53. The average molecular weight is 395 g/mol. The maximum absolute atomic E-state index is 5.84. The third-order valence-corrected chi connectivity index (χ3v) is 4.42. The van der Waals surface area contributed by atoms with Gasteiger partial charge in [-0.05, 0) is 12.5 Å². The molecule has 0 radical (unpaired) electrons. The number of nitrogens with one attached hydrogen (secondary N) is 2. The van der Waals surface area contributed by atoms with Crippen molar-refractivity contribution in [2.24, 2.45) is 4.99 Å². The van der Waals surface area contributed by atoms with Gasteiger partial charge in [0, 0.05) is 30.9 Å². The second-order valence-electron chi connectivity index (χ2n) is 7.87. The molecule has 7 heteroatoms. The first-order chi connectivity index (χ1) is 14.0. The van der Waals surface area contributed by atoms with E-state index < -0.39 is 0 Å². The molecule has 0 aliphatic carbocycles. The summed E-state index contributed by atoms with van der Waals surface area (Å²) in [6.07, 6.45) is 5.59. The average Bonchev–Trinajstić information content (AvgIpc) is 3.34. The minimum Gasteiger partial charge on any atom is -0.443 e. The second kappa shape index (κ2) is 9.41. The summed E-state index contributed by atoms with van der Waals surface area (Å²) in [6, 6.07) is 10.3. The lowest BCUT2D eigenvalue weighted by molar-refractivity contribution is 0.379. The van der Waals surface area contributed by atoms with Crippen LogP contribution in [-0.2, 0) is 25.0 Å². The molecule has 0 aliphatic rings. The van der Waals surface area contributed by atoms with Gasteiger partial charge in [0.1, 0.15) is 18.1 Å². The molecule has 0 unspecified atom stereocenters. The summed E-state index contributed by atoms with van der Waals surface area (Å²) in [4.78, 5) is 13.5. The van der Waals surface area contributed by atoms with Gasteiger partial charge in [-0.15, -0.1) is 0 Å². The van der Waals surface area contributed by atoms with Gasteiger partial charge in [0.15, 0.2) is 5.96 Å². The number of guanidine groups is 1. The van der Waals surface area contributed by atoms with E-state index in [2.05, 4.69) is 63.1 Å². The molecule has 0 saturated carbocycles. The van der Waals surface area contributed by atoms with E-state index in [4.69, 9.17) is 4.42 Å². The fraction of sp³-hybridized carbons (Fsp3) is 0.409. The topological polar surface area (TPSA) is 80.3 Å². The Bertz CT molecular complexity index is 920. The van der Waals surface area contributed by atoms with Gasteiger partial charge >= 0.3 is 0 Å². The van der Waals surface area contributed by atoms with Crippen molar-refractivity contribution in [3.63, 3.8) is 0 Å². The van der Waals surface area contributed by atoms with Crippen LogP contribution in [0.3, 0.4) is 0 Å². The van der Waals surface area contributed by atoms with Crippen molar-refractivity contribution in [1.29, 1.82) is 0 Å². The molecule has 3 aromatic rings. The molecule has 2 N–H and O–H groups in total. The Morgan fingerprint density at radius 3 is 2.62 bits per heavy atom. The summed E-state index contributed by atoms with van der Waals surface area (Å²) >= 11 is 0. The number of benzene rings is 1. The van der Waals surface area contributed by atoms with Crippen molar-refractivity contribution in [3.05, 3.63) is 72.0 Å². The van der Waals surface area contributed by atoms with Crippen LogP contribution in [0.15, 0.2) is 58.3 Å². The van der Waals surface area contributed by atoms with Gasteiger partial charge in [0.25, 0.3) is 0 Å². The normalized spacial score (nSPS) is 12.2. The zero-order valence-corrected chi connectivity index (χ0v) is 17.6. The van der Waals surface area contributed by atoms with Crippen LogP contribution in [0.2, 0.25) is 0 Å². The van der Waals surface area contributed by atoms with Crippen molar-refractivity contribution < 1.29 is 4.42 Å². The Balaban J connectivity index is 1.62. The van der Waals surface area contributed by atoms with Crippen LogP contribution in [0.25, 0.3) is 0 Å². The van der Waals surface area contributed by atoms with E-state index in [9.17, 15) is 0 Å². The molecule has 2 aromatic heterocycles. The first-order valence-corrected chi connectivity index (χ1v) is 9.97. The molecule has 0 saturated heterocycles. The Hall–Kier alpha value is -3.09. The van der Waals surface area contributed by atoms with Crippen molar-refractivity contribution in [3.8, 4) is 0 Å². The van der Waals surface area contributed by atoms with Crippen LogP contribution >= 0.6 is 0 Å². The van der Waals surface area contributed by atoms with Gasteiger partial charge in [0.2, 0.25) is 5.89 Å². The van der Waals surface area contributed by atoms with Crippen molar-refractivity contribution in [2.45, 2.75) is 52.7 Å². The predicted molar refractivity (Wildman–Crippen MR) is 115 cm³/mol. The number of aliphatic imine (C=N–C) groups is 1. The summed E-state index contributed by atoms with van der Waals surface area (Å²) in [7, 11) is 0. The van der Waals surface area contributed by atoms with Gasteiger partial charge in [-0.2, -0.15) is 0 Å². The molecule has 0 aliphatic heterocycles. The van der Waals surface area contributed by atoms with E-state index in [1.54, 1.807) is 6.20 Å². The number of rotatable bonds is 7. The first kappa shape index (κ1) is 20.6. The van der Waals surface area contributed by atoms with Crippen molar-refractivity contribution in [1.82, 2.24) is 25.2 Å². The maximum atomic E-state index is 5.84. The molecule has 0 atom stereocenters. The molecule has 3 rings (SSSR count). The smallest absolute Gasteiger partial charge is 0.213 e. The SMILES string of the molecule is CCNC(=NCc1nccn1Cc1ccccc1)NCc1ncc(C(C)(C)C)o1. The molecule has 29 heavy (non-hydrogen) atoms. The molecule has 0 spiro atoms. The maximum Gasteiger partial charge on any atom is 0.213 e. The van der Waals surface area contributed by atoms with Gasteiger partial charge in [-0.3, -0.25) is 0 Å². The standard InChI is InChI=1S/C22H30N6O/c1-5-23-21(27-15-20-25-13-18(29-20)22(2,3)4)26-14-19-24-11-12-28(19)16-17-9-7-6-8-10-17/h6-13H,5,14-16H2,1-4H3,(H2,23,26,27). The summed E-state index contributed by atoms with van der Waals surface area (Å²) in [5.74, 6) is 3.14. The zero-order chi connectivity index (χ0) is 20.7. The second-order valence-corrected chi connectivity index (χ2v) is 7.87. The molecule has 7 nitrogen and oxygen atoms in total. The molecule has 1 aromatic carbocycles. The van der Waals surface area contributed by atoms with E-state index in [1.165, 1.54) is 5.56 Å². The van der Waals surface area contributed by atoms with Crippen molar-refractivity contribution >= 4 is 5.96 Å². The van der Waals surface area contributed by atoms with Crippen LogP contribution in [0, 0.1) is 0 Å². The van der Waals surface area contributed by atoms with Crippen LogP contribution in [-0.4, -0.2) is 27.0 Å². The lowest BCUT2D eigenvalue weighted by atomic mass is 9.94. The summed E-state index contributed by atoms with van der Waals surface area (Å²) in [6.45, 7) is 10.9. The monoisotopic (exact) mass is 394 g/mol. The molecule has 0 bridgehead atoms. The fourth-order valence-corrected chi connectivity index (χ4v) is 2.81.